The van der Waals surface area contributed by atoms with Gasteiger partial charge in [0.15, 0.2) is 5.78 Å². The summed E-state index contributed by atoms with van der Waals surface area (Å²) in [6, 6.07) is 6.81. The van der Waals surface area contributed by atoms with Crippen LogP contribution < -0.4 is 4.72 Å². The number of hydrogen-bond donors (Lipinski definition) is 1. The molecule has 0 bridgehead atoms. The number of benzene rings is 1. The van der Waals surface area contributed by atoms with Crippen molar-refractivity contribution in [3.8, 4) is 0 Å². The van der Waals surface area contributed by atoms with E-state index in [2.05, 4.69) is 4.72 Å². The number of rotatable bonds is 6. The molecule has 1 aliphatic heterocycles. The summed E-state index contributed by atoms with van der Waals surface area (Å²) in [5.74, 6) is -0.400. The van der Waals surface area contributed by atoms with E-state index in [1.54, 1.807) is 29.2 Å². The number of hydrogen-bond acceptors (Lipinski definition) is 4. The van der Waals surface area contributed by atoms with E-state index >= 15 is 0 Å². The van der Waals surface area contributed by atoms with Gasteiger partial charge in [0.1, 0.15) is 0 Å². The number of likely N-dealkylation sites (tertiary alicyclic amines) is 1. The van der Waals surface area contributed by atoms with Gasteiger partial charge in [0.2, 0.25) is 15.9 Å². The smallest absolute Gasteiger partial charge is 0.223 e. The van der Waals surface area contributed by atoms with Crippen LogP contribution in [0.4, 0.5) is 0 Å². The molecule has 0 spiro atoms. The monoisotopic (exact) mass is 372 g/mol. The molecule has 6 nitrogen and oxygen atoms in total. The summed E-state index contributed by atoms with van der Waals surface area (Å²) in [7, 11) is -3.30. The van der Waals surface area contributed by atoms with Crippen molar-refractivity contribution in [2.24, 2.45) is 5.92 Å². The third-order valence-corrected chi connectivity index (χ3v) is 4.92. The molecule has 132 valence electrons. The third kappa shape index (κ3) is 5.58. The van der Waals surface area contributed by atoms with Crippen LogP contribution >= 0.6 is 11.6 Å². The highest BCUT2D eigenvalue weighted by atomic mass is 35.5. The lowest BCUT2D eigenvalue weighted by molar-refractivity contribution is -0.132. The van der Waals surface area contributed by atoms with Crippen molar-refractivity contribution in [2.75, 3.05) is 25.9 Å². The highest BCUT2D eigenvalue weighted by molar-refractivity contribution is 7.88. The van der Waals surface area contributed by atoms with E-state index in [1.807, 2.05) is 0 Å². The second-order valence-electron chi connectivity index (χ2n) is 5.97. The maximum Gasteiger partial charge on any atom is 0.223 e. The topological polar surface area (TPSA) is 83.6 Å². The van der Waals surface area contributed by atoms with E-state index in [4.69, 9.17) is 11.6 Å². The fourth-order valence-corrected chi connectivity index (χ4v) is 3.46. The molecule has 0 aliphatic carbocycles. The molecule has 1 aromatic rings. The Kier molecular flexibility index (Phi) is 6.37. The van der Waals surface area contributed by atoms with Gasteiger partial charge < -0.3 is 4.90 Å². The zero-order chi connectivity index (χ0) is 17.7. The molecule has 2 rings (SSSR count). The number of halogens is 1. The molecule has 0 aromatic heterocycles. The van der Waals surface area contributed by atoms with Gasteiger partial charge in [-0.2, -0.15) is 0 Å². The fourth-order valence-electron chi connectivity index (χ4n) is 2.80. The van der Waals surface area contributed by atoms with Gasteiger partial charge in [-0.05, 0) is 25.0 Å². The van der Waals surface area contributed by atoms with E-state index in [0.29, 0.717) is 23.7 Å². The number of carbonyl (C=O) groups excluding carboxylic acids is 2. The van der Waals surface area contributed by atoms with E-state index in [-0.39, 0.29) is 30.6 Å². The second-order valence-corrected chi connectivity index (χ2v) is 8.24. The average Bonchev–Trinajstić information content (AvgIpc) is 2.53. The normalized spacial score (nSPS) is 18.4. The largest absolute Gasteiger partial charge is 0.342 e. The molecular formula is C16H21ClN2O4S. The first-order valence-corrected chi connectivity index (χ1v) is 10.1. The van der Waals surface area contributed by atoms with Crippen molar-refractivity contribution >= 4 is 33.3 Å². The number of nitrogens with zero attached hydrogens (tertiary/aromatic N) is 1. The van der Waals surface area contributed by atoms with Crippen LogP contribution in [0.2, 0.25) is 5.02 Å². The van der Waals surface area contributed by atoms with Crippen LogP contribution in [0.1, 0.15) is 29.6 Å². The van der Waals surface area contributed by atoms with Crippen LogP contribution in [0.5, 0.6) is 0 Å². The Balaban J connectivity index is 1.93. The molecule has 0 unspecified atom stereocenters. The SMILES string of the molecule is CS(=O)(=O)NCCC(=O)N1CCC[C@H](C(=O)c2cccc(Cl)c2)C1. The minimum atomic E-state index is -3.30. The van der Waals surface area contributed by atoms with Crippen molar-refractivity contribution in [2.45, 2.75) is 19.3 Å². The molecule has 1 aromatic carbocycles. The van der Waals surface area contributed by atoms with E-state index in [0.717, 1.165) is 19.1 Å². The Hall–Kier alpha value is -1.44. The summed E-state index contributed by atoms with van der Waals surface area (Å²) in [5.41, 5.74) is 0.556. The van der Waals surface area contributed by atoms with Gasteiger partial charge in [-0.3, -0.25) is 9.59 Å². The minimum absolute atomic E-state index is 0.00994. The molecule has 1 fully saturated rings. The van der Waals surface area contributed by atoms with Crippen LogP contribution in [0.3, 0.4) is 0 Å². The Bertz CT molecular complexity index is 721. The predicted octanol–water partition coefficient (Wildman–Crippen LogP) is 1.70. The number of ketones is 1. The van der Waals surface area contributed by atoms with Gasteiger partial charge >= 0.3 is 0 Å². The summed E-state index contributed by atoms with van der Waals surface area (Å²) in [6.45, 7) is 1.03. The molecule has 1 heterocycles. The number of carbonyl (C=O) groups is 2. The van der Waals surface area contributed by atoms with Crippen LogP contribution in [0.15, 0.2) is 24.3 Å². The lowest BCUT2D eigenvalue weighted by Crippen LogP contribution is -2.43. The van der Waals surface area contributed by atoms with Crippen LogP contribution in [-0.2, 0) is 14.8 Å². The molecule has 0 saturated carbocycles. The Morgan fingerprint density at radius 1 is 1.38 bits per heavy atom. The molecule has 1 N–H and O–H groups in total. The number of nitrogens with one attached hydrogen (secondary N) is 1. The number of Topliss-reactive ketones (excluding diaryl/α,β-unsaturated/α-hetero) is 1. The molecular weight excluding hydrogens is 352 g/mol. The van der Waals surface area contributed by atoms with Gasteiger partial charge in [-0.15, -0.1) is 0 Å². The molecule has 1 saturated heterocycles. The molecule has 24 heavy (non-hydrogen) atoms. The average molecular weight is 373 g/mol. The van der Waals surface area contributed by atoms with Crippen molar-refractivity contribution < 1.29 is 18.0 Å². The van der Waals surface area contributed by atoms with Crippen molar-refractivity contribution in [3.63, 3.8) is 0 Å². The number of amides is 1. The van der Waals surface area contributed by atoms with Gasteiger partial charge in [0.05, 0.1) is 6.26 Å². The first kappa shape index (κ1) is 18.9. The third-order valence-electron chi connectivity index (χ3n) is 3.96. The first-order valence-electron chi connectivity index (χ1n) is 7.78. The quantitative estimate of drug-likeness (QED) is 0.770. The van der Waals surface area contributed by atoms with Crippen LogP contribution in [0, 0.1) is 5.92 Å². The fraction of sp³-hybridized carbons (Fsp3) is 0.500. The van der Waals surface area contributed by atoms with Crippen LogP contribution in [0.25, 0.3) is 0 Å². The van der Waals surface area contributed by atoms with Gasteiger partial charge in [-0.25, -0.2) is 13.1 Å². The van der Waals surface area contributed by atoms with Crippen molar-refractivity contribution in [1.82, 2.24) is 9.62 Å². The minimum Gasteiger partial charge on any atom is -0.342 e. The molecule has 1 amide bonds. The summed E-state index contributed by atoms with van der Waals surface area (Å²) in [6.07, 6.45) is 2.63. The van der Waals surface area contributed by atoms with E-state index < -0.39 is 10.0 Å². The molecule has 1 aliphatic rings. The summed E-state index contributed by atoms with van der Waals surface area (Å²) >= 11 is 5.93. The molecule has 1 atom stereocenters. The Labute approximate surface area is 147 Å². The highest BCUT2D eigenvalue weighted by Crippen LogP contribution is 2.22. The molecule has 8 heteroatoms. The van der Waals surface area contributed by atoms with Gasteiger partial charge in [-0.1, -0.05) is 23.7 Å². The number of sulfonamides is 1. The zero-order valence-electron chi connectivity index (χ0n) is 13.5. The standard InChI is InChI=1S/C16H21ClN2O4S/c1-24(22,23)18-8-7-15(20)19-9-3-5-13(11-19)16(21)12-4-2-6-14(17)10-12/h2,4,6,10,13,18H,3,5,7-9,11H2,1H3/t13-/m0/s1. The van der Waals surface area contributed by atoms with E-state index in [1.165, 1.54) is 0 Å². The van der Waals surface area contributed by atoms with Crippen molar-refractivity contribution in [1.29, 1.82) is 0 Å². The maximum absolute atomic E-state index is 12.6. The van der Waals surface area contributed by atoms with Crippen molar-refractivity contribution in [3.05, 3.63) is 34.9 Å². The second kappa shape index (κ2) is 8.09. The lowest BCUT2D eigenvalue weighted by atomic mass is 9.90. The predicted molar refractivity (Wildman–Crippen MR) is 92.6 cm³/mol. The summed E-state index contributed by atoms with van der Waals surface area (Å²) in [4.78, 5) is 26.4. The Morgan fingerprint density at radius 3 is 2.79 bits per heavy atom. The summed E-state index contributed by atoms with van der Waals surface area (Å²) < 4.78 is 24.3. The summed E-state index contributed by atoms with van der Waals surface area (Å²) in [5, 5.41) is 0.511. The lowest BCUT2D eigenvalue weighted by Gasteiger charge is -2.32. The van der Waals surface area contributed by atoms with E-state index in [9.17, 15) is 18.0 Å². The highest BCUT2D eigenvalue weighted by Gasteiger charge is 2.28. The maximum atomic E-state index is 12.6. The zero-order valence-corrected chi connectivity index (χ0v) is 15.1. The van der Waals surface area contributed by atoms with Gasteiger partial charge in [0.25, 0.3) is 0 Å². The van der Waals surface area contributed by atoms with Crippen LogP contribution in [-0.4, -0.2) is 50.9 Å². The molecule has 0 radical (unpaired) electrons. The number of piperidine rings is 1. The Morgan fingerprint density at radius 2 is 2.12 bits per heavy atom. The first-order chi connectivity index (χ1) is 11.3. The van der Waals surface area contributed by atoms with Gasteiger partial charge in [0, 0.05) is 42.6 Å².